The van der Waals surface area contributed by atoms with E-state index >= 15 is 0 Å². The van der Waals surface area contributed by atoms with Gasteiger partial charge in [-0.15, -0.1) is 23.2 Å². The van der Waals surface area contributed by atoms with Gasteiger partial charge in [0.15, 0.2) is 6.61 Å². The van der Waals surface area contributed by atoms with Gasteiger partial charge in [-0.1, -0.05) is 6.07 Å². The molecule has 0 aromatic heterocycles. The van der Waals surface area contributed by atoms with Gasteiger partial charge in [0.05, 0.1) is 33.8 Å². The second kappa shape index (κ2) is 9.76. The molecule has 3 amide bonds. The molecule has 0 bridgehead atoms. The van der Waals surface area contributed by atoms with E-state index in [-0.39, 0.29) is 28.1 Å². The molecular formula is C25H24Cl2N2O5. The summed E-state index contributed by atoms with van der Waals surface area (Å²) in [5.41, 5.74) is 3.33. The maximum atomic E-state index is 12.9. The Morgan fingerprint density at radius 1 is 0.941 bits per heavy atom. The fourth-order valence-corrected chi connectivity index (χ4v) is 4.92. The molecular weight excluding hydrogens is 479 g/mol. The quantitative estimate of drug-likeness (QED) is 0.375. The van der Waals surface area contributed by atoms with E-state index in [9.17, 15) is 19.2 Å². The Kier molecular flexibility index (Phi) is 6.96. The molecule has 1 saturated heterocycles. The third-order valence-electron chi connectivity index (χ3n) is 6.40. The van der Waals surface area contributed by atoms with Crippen molar-refractivity contribution in [3.05, 3.63) is 59.2 Å². The van der Waals surface area contributed by atoms with Gasteiger partial charge in [0.1, 0.15) is 0 Å². The van der Waals surface area contributed by atoms with Crippen LogP contribution in [0.1, 0.15) is 34.3 Å². The van der Waals surface area contributed by atoms with Crippen LogP contribution < -0.4 is 10.2 Å². The summed E-state index contributed by atoms with van der Waals surface area (Å²) in [7, 11) is 0. The molecule has 7 nitrogen and oxygen atoms in total. The summed E-state index contributed by atoms with van der Waals surface area (Å²) in [5.74, 6) is -2.72. The van der Waals surface area contributed by atoms with Crippen LogP contribution in [-0.2, 0) is 19.1 Å². The monoisotopic (exact) mass is 502 g/mol. The number of alkyl halides is 2. The summed E-state index contributed by atoms with van der Waals surface area (Å²) in [5, 5.41) is 1.97. The predicted octanol–water partition coefficient (Wildman–Crippen LogP) is 4.21. The second-order valence-corrected chi connectivity index (χ2v) is 9.82. The van der Waals surface area contributed by atoms with Gasteiger partial charge in [0.25, 0.3) is 5.91 Å². The van der Waals surface area contributed by atoms with E-state index in [4.69, 9.17) is 27.9 Å². The van der Waals surface area contributed by atoms with Crippen LogP contribution >= 0.6 is 23.2 Å². The van der Waals surface area contributed by atoms with E-state index in [1.807, 2.05) is 26.0 Å². The summed E-state index contributed by atoms with van der Waals surface area (Å²) in [6, 6.07) is 11.4. The van der Waals surface area contributed by atoms with E-state index in [0.717, 1.165) is 16.0 Å². The van der Waals surface area contributed by atoms with Crippen molar-refractivity contribution in [2.24, 2.45) is 11.8 Å². The Labute approximate surface area is 207 Å². The first-order chi connectivity index (χ1) is 16.2. The summed E-state index contributed by atoms with van der Waals surface area (Å²) < 4.78 is 5.10. The average Bonchev–Trinajstić information content (AvgIpc) is 3.04. The number of anilines is 2. The Hall–Kier alpha value is -2.90. The first kappa shape index (κ1) is 24.2. The number of benzene rings is 2. The zero-order valence-corrected chi connectivity index (χ0v) is 20.2. The molecule has 9 heteroatoms. The lowest BCUT2D eigenvalue weighted by Crippen LogP contribution is -2.34. The van der Waals surface area contributed by atoms with Crippen LogP contribution in [0.5, 0.6) is 0 Å². The van der Waals surface area contributed by atoms with E-state index in [1.54, 1.807) is 6.07 Å². The molecule has 4 rings (SSSR count). The molecule has 178 valence electrons. The van der Waals surface area contributed by atoms with Gasteiger partial charge in [-0.25, -0.2) is 4.79 Å². The highest BCUT2D eigenvalue weighted by Crippen LogP contribution is 2.43. The number of aryl methyl sites for hydroxylation is 2. The number of esters is 1. The van der Waals surface area contributed by atoms with E-state index in [0.29, 0.717) is 24.2 Å². The Bertz CT molecular complexity index is 1120. The highest BCUT2D eigenvalue weighted by Gasteiger charge is 2.52. The molecule has 1 aliphatic carbocycles. The molecule has 1 N–H and O–H groups in total. The Balaban J connectivity index is 1.36. The lowest BCUT2D eigenvalue weighted by molar-refractivity contribution is -0.122. The molecule has 2 fully saturated rings. The molecule has 1 saturated carbocycles. The number of fused-ring (bicyclic) bond motifs is 1. The largest absolute Gasteiger partial charge is 0.452 e. The second-order valence-electron chi connectivity index (χ2n) is 8.70. The number of carbonyl (C=O) groups excluding carboxylic acids is 4. The molecule has 2 aromatic carbocycles. The van der Waals surface area contributed by atoms with Gasteiger partial charge in [0.2, 0.25) is 11.8 Å². The van der Waals surface area contributed by atoms with Crippen LogP contribution in [0.15, 0.2) is 42.5 Å². The fraction of sp³-hybridized carbons (Fsp3) is 0.360. The lowest BCUT2D eigenvalue weighted by atomic mass is 9.80. The van der Waals surface area contributed by atoms with Crippen LogP contribution in [0, 0.1) is 25.7 Å². The summed E-state index contributed by atoms with van der Waals surface area (Å²) in [6.07, 6.45) is 0.714. The minimum Gasteiger partial charge on any atom is -0.452 e. The van der Waals surface area contributed by atoms with Crippen molar-refractivity contribution in [1.29, 1.82) is 0 Å². The predicted molar refractivity (Wildman–Crippen MR) is 129 cm³/mol. The summed E-state index contributed by atoms with van der Waals surface area (Å²) >= 11 is 12.4. The van der Waals surface area contributed by atoms with Crippen molar-refractivity contribution in [3.63, 3.8) is 0 Å². The Morgan fingerprint density at radius 3 is 2.09 bits per heavy atom. The average molecular weight is 503 g/mol. The number of halogens is 2. The van der Waals surface area contributed by atoms with Gasteiger partial charge in [-0.2, -0.15) is 0 Å². The molecule has 34 heavy (non-hydrogen) atoms. The SMILES string of the molecule is Cc1ccc(NC(=O)COC(=O)c2ccc(N3C(=O)[C@@H]4C[C@@H](Cl)[C@@H](Cl)C[C@H]4C3=O)cc2)cc1C. The van der Waals surface area contributed by atoms with E-state index in [1.165, 1.54) is 24.3 Å². The number of hydrogen-bond donors (Lipinski definition) is 1. The number of nitrogens with zero attached hydrogens (tertiary/aromatic N) is 1. The molecule has 0 spiro atoms. The summed E-state index contributed by atoms with van der Waals surface area (Å²) in [6.45, 7) is 3.47. The molecule has 1 heterocycles. The van der Waals surface area contributed by atoms with Crippen molar-refractivity contribution in [3.8, 4) is 0 Å². The maximum absolute atomic E-state index is 12.9. The first-order valence-electron chi connectivity index (χ1n) is 11.0. The van der Waals surface area contributed by atoms with Gasteiger partial charge in [0, 0.05) is 5.69 Å². The number of rotatable bonds is 5. The van der Waals surface area contributed by atoms with Crippen LogP contribution in [0.4, 0.5) is 11.4 Å². The standard InChI is InChI=1S/C25H24Cl2N2O5/c1-13-3-6-16(9-14(13)2)28-22(30)12-34-25(33)15-4-7-17(8-5-15)29-23(31)18-10-20(26)21(27)11-19(18)24(29)32/h3-9,18-21H,10-12H2,1-2H3,(H,28,30)/t18-,19-,20-,21+/m1/s1. The number of hydrogen-bond acceptors (Lipinski definition) is 5. The zero-order chi connectivity index (χ0) is 24.6. The van der Waals surface area contributed by atoms with Crippen LogP contribution in [0.25, 0.3) is 0 Å². The minimum atomic E-state index is -0.690. The molecule has 2 aliphatic rings. The van der Waals surface area contributed by atoms with E-state index in [2.05, 4.69) is 5.32 Å². The van der Waals surface area contributed by atoms with Gasteiger partial charge in [-0.05, 0) is 74.2 Å². The Morgan fingerprint density at radius 2 is 1.53 bits per heavy atom. The van der Waals surface area contributed by atoms with Gasteiger partial charge < -0.3 is 10.1 Å². The molecule has 4 atom stereocenters. The lowest BCUT2D eigenvalue weighted by Gasteiger charge is -2.28. The zero-order valence-electron chi connectivity index (χ0n) is 18.7. The number of carbonyl (C=O) groups is 4. The van der Waals surface area contributed by atoms with Gasteiger partial charge >= 0.3 is 5.97 Å². The fourth-order valence-electron chi connectivity index (χ4n) is 4.33. The normalized spacial score (nSPS) is 24.1. The van der Waals surface area contributed by atoms with Gasteiger partial charge in [-0.3, -0.25) is 19.3 Å². The topological polar surface area (TPSA) is 92.8 Å². The molecule has 0 unspecified atom stereocenters. The third kappa shape index (κ3) is 4.81. The highest BCUT2D eigenvalue weighted by atomic mass is 35.5. The third-order valence-corrected chi connectivity index (χ3v) is 7.49. The number of amides is 3. The van der Waals surface area contributed by atoms with E-state index < -0.39 is 30.3 Å². The highest BCUT2D eigenvalue weighted by molar-refractivity contribution is 6.31. The first-order valence-corrected chi connectivity index (χ1v) is 11.8. The number of ether oxygens (including phenoxy) is 1. The van der Waals surface area contributed by atoms with Crippen LogP contribution in [-0.4, -0.2) is 41.1 Å². The van der Waals surface area contributed by atoms with Crippen molar-refractivity contribution >= 4 is 58.3 Å². The smallest absolute Gasteiger partial charge is 0.338 e. The minimum absolute atomic E-state index is 0.195. The maximum Gasteiger partial charge on any atom is 0.338 e. The van der Waals surface area contributed by atoms with Crippen molar-refractivity contribution < 1.29 is 23.9 Å². The van der Waals surface area contributed by atoms with Crippen LogP contribution in [0.2, 0.25) is 0 Å². The van der Waals surface area contributed by atoms with Crippen molar-refractivity contribution in [1.82, 2.24) is 0 Å². The van der Waals surface area contributed by atoms with Crippen LogP contribution in [0.3, 0.4) is 0 Å². The number of nitrogens with one attached hydrogen (secondary N) is 1. The molecule has 0 radical (unpaired) electrons. The van der Waals surface area contributed by atoms with Crippen molar-refractivity contribution in [2.75, 3.05) is 16.8 Å². The number of imide groups is 1. The molecule has 1 aliphatic heterocycles. The summed E-state index contributed by atoms with van der Waals surface area (Å²) in [4.78, 5) is 51.3. The molecule has 2 aromatic rings. The van der Waals surface area contributed by atoms with Crippen molar-refractivity contribution in [2.45, 2.75) is 37.4 Å².